The lowest BCUT2D eigenvalue weighted by atomic mass is 10.0. The summed E-state index contributed by atoms with van der Waals surface area (Å²) in [6, 6.07) is 10.7. The Hall–Kier alpha value is -2.40. The molecule has 1 aromatic heterocycles. The second-order valence-corrected chi connectivity index (χ2v) is 4.78. The van der Waals surface area contributed by atoms with Crippen molar-refractivity contribution in [3.05, 3.63) is 46.5 Å². The molecule has 0 saturated heterocycles. The number of methoxy groups -OCH3 is 1. The zero-order chi connectivity index (χ0) is 14.3. The molecule has 0 unspecified atom stereocenters. The maximum Gasteiger partial charge on any atom is 0.336 e. The van der Waals surface area contributed by atoms with Gasteiger partial charge in [0.2, 0.25) is 0 Å². The first kappa shape index (κ1) is 12.6. The first-order valence-electron chi connectivity index (χ1n) is 5.98. The number of rotatable bonds is 2. The van der Waals surface area contributed by atoms with Crippen molar-refractivity contribution in [2.75, 3.05) is 7.11 Å². The standard InChI is InChI=1S/C15H11NO3S/c1-19-11-7-6-9(15(17)18)12-13(11)16-10-5-3-2-4-8(10)14(12)20/h2-7H,1H3,(H,16,20)(H,17,18). The van der Waals surface area contributed by atoms with Crippen LogP contribution in [0.15, 0.2) is 36.4 Å². The van der Waals surface area contributed by atoms with Gasteiger partial charge in [-0.1, -0.05) is 30.4 Å². The number of hydrogen-bond acceptors (Lipinski definition) is 3. The molecule has 0 bridgehead atoms. The Morgan fingerprint density at radius 2 is 2.00 bits per heavy atom. The summed E-state index contributed by atoms with van der Waals surface area (Å²) in [7, 11) is 1.54. The van der Waals surface area contributed by atoms with E-state index in [0.29, 0.717) is 21.2 Å². The molecular formula is C15H11NO3S. The van der Waals surface area contributed by atoms with E-state index in [4.69, 9.17) is 17.0 Å². The van der Waals surface area contributed by atoms with Crippen LogP contribution >= 0.6 is 12.2 Å². The highest BCUT2D eigenvalue weighted by molar-refractivity contribution is 7.72. The quantitative estimate of drug-likeness (QED) is 0.556. The number of aromatic nitrogens is 1. The number of carboxylic acid groups (broad SMARTS) is 1. The van der Waals surface area contributed by atoms with Gasteiger partial charge in [-0.15, -0.1) is 0 Å². The van der Waals surface area contributed by atoms with Crippen LogP contribution in [0, 0.1) is 4.51 Å². The van der Waals surface area contributed by atoms with E-state index in [9.17, 15) is 9.90 Å². The molecule has 0 atom stereocenters. The molecule has 0 spiro atoms. The number of para-hydroxylation sites is 1. The van der Waals surface area contributed by atoms with Gasteiger partial charge in [0.1, 0.15) is 5.75 Å². The number of ether oxygens (including phenoxy) is 1. The van der Waals surface area contributed by atoms with Gasteiger partial charge >= 0.3 is 5.97 Å². The summed E-state index contributed by atoms with van der Waals surface area (Å²) in [5, 5.41) is 10.7. The summed E-state index contributed by atoms with van der Waals surface area (Å²) in [5.74, 6) is -0.436. The Morgan fingerprint density at radius 3 is 2.70 bits per heavy atom. The molecule has 4 nitrogen and oxygen atoms in total. The van der Waals surface area contributed by atoms with E-state index in [-0.39, 0.29) is 5.56 Å². The number of aromatic amines is 1. The molecule has 0 aliphatic carbocycles. The van der Waals surface area contributed by atoms with Crippen molar-refractivity contribution in [2.45, 2.75) is 0 Å². The molecule has 1 heterocycles. The molecule has 2 aromatic carbocycles. The van der Waals surface area contributed by atoms with Gasteiger partial charge in [0, 0.05) is 16.3 Å². The van der Waals surface area contributed by atoms with Crippen LogP contribution in [0.4, 0.5) is 0 Å². The largest absolute Gasteiger partial charge is 0.495 e. The lowest BCUT2D eigenvalue weighted by Crippen LogP contribution is -2.00. The molecule has 0 fully saturated rings. The highest BCUT2D eigenvalue weighted by Gasteiger charge is 2.15. The second kappa shape index (κ2) is 4.61. The fraction of sp³-hybridized carbons (Fsp3) is 0.0667. The first-order chi connectivity index (χ1) is 9.63. The summed E-state index contributed by atoms with van der Waals surface area (Å²) in [5.41, 5.74) is 1.63. The highest BCUT2D eigenvalue weighted by atomic mass is 32.1. The van der Waals surface area contributed by atoms with Gasteiger partial charge in [-0.2, -0.15) is 0 Å². The van der Waals surface area contributed by atoms with Crippen LogP contribution in [0.5, 0.6) is 5.75 Å². The lowest BCUT2D eigenvalue weighted by Gasteiger charge is -2.10. The highest BCUT2D eigenvalue weighted by Crippen LogP contribution is 2.31. The predicted octanol–water partition coefficient (Wildman–Crippen LogP) is 3.76. The van der Waals surface area contributed by atoms with Gasteiger partial charge in [0.25, 0.3) is 0 Å². The van der Waals surface area contributed by atoms with E-state index in [1.807, 2.05) is 24.3 Å². The number of nitrogens with one attached hydrogen (secondary N) is 1. The number of carbonyl (C=O) groups is 1. The third-order valence-corrected chi connectivity index (χ3v) is 3.70. The molecule has 0 amide bonds. The molecule has 0 aliphatic heterocycles. The van der Waals surface area contributed by atoms with Crippen molar-refractivity contribution in [3.8, 4) is 5.75 Å². The minimum Gasteiger partial charge on any atom is -0.495 e. The smallest absolute Gasteiger partial charge is 0.336 e. The van der Waals surface area contributed by atoms with Crippen LogP contribution in [0.1, 0.15) is 10.4 Å². The van der Waals surface area contributed by atoms with E-state index in [0.717, 1.165) is 10.9 Å². The van der Waals surface area contributed by atoms with E-state index >= 15 is 0 Å². The van der Waals surface area contributed by atoms with Crippen LogP contribution in [0.3, 0.4) is 0 Å². The number of benzene rings is 2. The minimum atomic E-state index is -1.01. The number of H-pyrrole nitrogens is 1. The Kier molecular flexibility index (Phi) is 2.91. The zero-order valence-corrected chi connectivity index (χ0v) is 11.5. The molecule has 0 aliphatic rings. The molecule has 20 heavy (non-hydrogen) atoms. The first-order valence-corrected chi connectivity index (χ1v) is 6.39. The third kappa shape index (κ3) is 1.75. The van der Waals surface area contributed by atoms with Gasteiger partial charge in [0.15, 0.2) is 0 Å². The SMILES string of the molecule is COc1ccc(C(=O)O)c2c(=S)c3ccccc3[nH]c12. The summed E-state index contributed by atoms with van der Waals surface area (Å²) in [4.78, 5) is 14.6. The molecule has 0 radical (unpaired) electrons. The average Bonchev–Trinajstić information content (AvgIpc) is 2.46. The summed E-state index contributed by atoms with van der Waals surface area (Å²) in [6.45, 7) is 0. The van der Waals surface area contributed by atoms with E-state index in [1.165, 1.54) is 6.07 Å². The third-order valence-electron chi connectivity index (χ3n) is 3.28. The molecule has 3 aromatic rings. The minimum absolute atomic E-state index is 0.174. The van der Waals surface area contributed by atoms with Crippen LogP contribution < -0.4 is 4.74 Å². The van der Waals surface area contributed by atoms with Gasteiger partial charge in [0.05, 0.1) is 22.7 Å². The van der Waals surface area contributed by atoms with E-state index in [2.05, 4.69) is 4.98 Å². The fourth-order valence-corrected chi connectivity index (χ4v) is 2.74. The van der Waals surface area contributed by atoms with Gasteiger partial charge < -0.3 is 14.8 Å². The average molecular weight is 285 g/mol. The van der Waals surface area contributed by atoms with Crippen molar-refractivity contribution in [1.82, 2.24) is 4.98 Å². The molecule has 100 valence electrons. The van der Waals surface area contributed by atoms with Crippen LogP contribution in [0.2, 0.25) is 0 Å². The molecule has 5 heteroatoms. The lowest BCUT2D eigenvalue weighted by molar-refractivity contribution is 0.0699. The number of hydrogen-bond donors (Lipinski definition) is 2. The summed E-state index contributed by atoms with van der Waals surface area (Å²) in [6.07, 6.45) is 0. The number of aromatic carboxylic acids is 1. The maximum absolute atomic E-state index is 11.4. The number of carboxylic acids is 1. The topological polar surface area (TPSA) is 62.3 Å². The molecule has 3 rings (SSSR count). The van der Waals surface area contributed by atoms with E-state index < -0.39 is 5.97 Å². The molecular weight excluding hydrogens is 274 g/mol. The van der Waals surface area contributed by atoms with Crippen LogP contribution in [-0.4, -0.2) is 23.2 Å². The van der Waals surface area contributed by atoms with Gasteiger partial charge in [-0.05, 0) is 18.2 Å². The normalized spacial score (nSPS) is 10.8. The summed E-state index contributed by atoms with van der Waals surface area (Å²) < 4.78 is 5.81. The van der Waals surface area contributed by atoms with Gasteiger partial charge in [-0.3, -0.25) is 0 Å². The summed E-state index contributed by atoms with van der Waals surface area (Å²) >= 11 is 5.47. The molecule has 0 saturated carbocycles. The monoisotopic (exact) mass is 285 g/mol. The number of fused-ring (bicyclic) bond motifs is 2. The number of pyridine rings is 1. The predicted molar refractivity (Wildman–Crippen MR) is 80.2 cm³/mol. The van der Waals surface area contributed by atoms with Crippen molar-refractivity contribution < 1.29 is 14.6 Å². The Bertz CT molecular complexity index is 899. The van der Waals surface area contributed by atoms with Crippen molar-refractivity contribution in [1.29, 1.82) is 0 Å². The Morgan fingerprint density at radius 1 is 1.25 bits per heavy atom. The Balaban J connectivity index is 2.62. The van der Waals surface area contributed by atoms with Crippen molar-refractivity contribution >= 4 is 40.0 Å². The van der Waals surface area contributed by atoms with Crippen molar-refractivity contribution in [3.63, 3.8) is 0 Å². The second-order valence-electron chi connectivity index (χ2n) is 4.37. The van der Waals surface area contributed by atoms with Gasteiger partial charge in [-0.25, -0.2) is 4.79 Å². The van der Waals surface area contributed by atoms with Crippen molar-refractivity contribution in [2.24, 2.45) is 0 Å². The Labute approximate surface area is 119 Å². The maximum atomic E-state index is 11.4. The van der Waals surface area contributed by atoms with Crippen LogP contribution in [-0.2, 0) is 0 Å². The van der Waals surface area contributed by atoms with Crippen LogP contribution in [0.25, 0.3) is 21.8 Å². The van der Waals surface area contributed by atoms with E-state index in [1.54, 1.807) is 13.2 Å². The molecule has 2 N–H and O–H groups in total. The zero-order valence-electron chi connectivity index (χ0n) is 10.6. The fourth-order valence-electron chi connectivity index (χ4n) is 2.35.